The van der Waals surface area contributed by atoms with E-state index in [-0.39, 0.29) is 11.8 Å². The van der Waals surface area contributed by atoms with Gasteiger partial charge < -0.3 is 15.0 Å². The van der Waals surface area contributed by atoms with E-state index in [0.29, 0.717) is 42.4 Å². The number of para-hydroxylation sites is 1. The van der Waals surface area contributed by atoms with Gasteiger partial charge in [0.15, 0.2) is 0 Å². The summed E-state index contributed by atoms with van der Waals surface area (Å²) >= 11 is 0. The molecule has 0 radical (unpaired) electrons. The van der Waals surface area contributed by atoms with Crippen LogP contribution in [0.5, 0.6) is 5.75 Å². The van der Waals surface area contributed by atoms with Crippen LogP contribution in [0, 0.1) is 5.92 Å². The number of nitrogens with zero attached hydrogens (tertiary/aromatic N) is 1. The van der Waals surface area contributed by atoms with E-state index >= 15 is 0 Å². The third-order valence-corrected chi connectivity index (χ3v) is 4.40. The molecule has 1 N–H and O–H groups in total. The first-order valence-electron chi connectivity index (χ1n) is 9.69. The molecule has 0 saturated heterocycles. The summed E-state index contributed by atoms with van der Waals surface area (Å²) < 4.78 is 5.81. The molecule has 0 aliphatic heterocycles. The lowest BCUT2D eigenvalue weighted by molar-refractivity contribution is -0.128. The van der Waals surface area contributed by atoms with Gasteiger partial charge in [0.2, 0.25) is 5.91 Å². The number of ether oxygens (including phenoxy) is 1. The highest BCUT2D eigenvalue weighted by Crippen LogP contribution is 2.21. The first kappa shape index (κ1) is 21.5. The molecular weight excluding hydrogens is 352 g/mol. The van der Waals surface area contributed by atoms with E-state index in [1.54, 1.807) is 25.1 Å². The fourth-order valence-electron chi connectivity index (χ4n) is 2.66. The lowest BCUT2D eigenvalue weighted by Gasteiger charge is -2.13. The quantitative estimate of drug-likeness (QED) is 0.700. The number of anilines is 1. The number of nitrogens with one attached hydrogen (secondary N) is 1. The molecule has 28 heavy (non-hydrogen) atoms. The Bertz CT molecular complexity index is 800. The van der Waals surface area contributed by atoms with Gasteiger partial charge in [0.25, 0.3) is 5.91 Å². The number of benzene rings is 2. The minimum absolute atomic E-state index is 0.0851. The molecule has 2 aromatic rings. The van der Waals surface area contributed by atoms with Crippen LogP contribution >= 0.6 is 0 Å². The van der Waals surface area contributed by atoms with Crippen molar-refractivity contribution in [1.29, 1.82) is 0 Å². The van der Waals surface area contributed by atoms with Crippen molar-refractivity contribution in [3.8, 4) is 5.75 Å². The SMILES string of the molecule is CC(C)CCOc1ccccc1C(=O)Nc1cccc(CCC(=O)N(C)C)c1. The third-order valence-electron chi connectivity index (χ3n) is 4.40. The second-order valence-corrected chi connectivity index (χ2v) is 7.47. The Kier molecular flexibility index (Phi) is 8.05. The predicted octanol–water partition coefficient (Wildman–Crippen LogP) is 4.38. The van der Waals surface area contributed by atoms with Gasteiger partial charge in [-0.2, -0.15) is 0 Å². The molecule has 0 heterocycles. The van der Waals surface area contributed by atoms with E-state index in [9.17, 15) is 9.59 Å². The minimum atomic E-state index is -0.207. The second kappa shape index (κ2) is 10.5. The predicted molar refractivity (Wildman–Crippen MR) is 113 cm³/mol. The van der Waals surface area contributed by atoms with E-state index in [4.69, 9.17) is 4.74 Å². The maximum Gasteiger partial charge on any atom is 0.259 e. The Hall–Kier alpha value is -2.82. The molecule has 0 saturated carbocycles. The summed E-state index contributed by atoms with van der Waals surface area (Å²) in [6.45, 7) is 4.86. The normalized spacial score (nSPS) is 10.6. The van der Waals surface area contributed by atoms with Crippen molar-refractivity contribution < 1.29 is 14.3 Å². The zero-order chi connectivity index (χ0) is 20.5. The van der Waals surface area contributed by atoms with E-state index < -0.39 is 0 Å². The van der Waals surface area contributed by atoms with Crippen molar-refractivity contribution >= 4 is 17.5 Å². The Labute approximate surface area is 167 Å². The van der Waals surface area contributed by atoms with Crippen LogP contribution in [0.1, 0.15) is 42.6 Å². The Morgan fingerprint density at radius 1 is 1.07 bits per heavy atom. The average molecular weight is 383 g/mol. The molecule has 5 heteroatoms. The summed E-state index contributed by atoms with van der Waals surface area (Å²) in [4.78, 5) is 26.1. The Balaban J connectivity index is 2.03. The zero-order valence-electron chi connectivity index (χ0n) is 17.2. The minimum Gasteiger partial charge on any atom is -0.493 e. The van der Waals surface area contributed by atoms with Crippen LogP contribution in [-0.2, 0) is 11.2 Å². The summed E-state index contributed by atoms with van der Waals surface area (Å²) in [6.07, 6.45) is 2.01. The molecule has 0 aliphatic carbocycles. The van der Waals surface area contributed by atoms with Gasteiger partial charge in [-0.3, -0.25) is 9.59 Å². The fraction of sp³-hybridized carbons (Fsp3) is 0.391. The lowest BCUT2D eigenvalue weighted by atomic mass is 10.1. The molecule has 0 atom stereocenters. The monoisotopic (exact) mass is 382 g/mol. The summed E-state index contributed by atoms with van der Waals surface area (Å²) in [6, 6.07) is 14.9. The van der Waals surface area contributed by atoms with Gasteiger partial charge in [-0.25, -0.2) is 0 Å². The van der Waals surface area contributed by atoms with E-state index in [1.807, 2.05) is 42.5 Å². The maximum atomic E-state index is 12.7. The van der Waals surface area contributed by atoms with Crippen LogP contribution in [0.2, 0.25) is 0 Å². The van der Waals surface area contributed by atoms with Crippen molar-refractivity contribution in [3.05, 3.63) is 59.7 Å². The largest absolute Gasteiger partial charge is 0.493 e. The standard InChI is InChI=1S/C23H30N2O3/c1-17(2)14-15-28-21-11-6-5-10-20(21)23(27)24-19-9-7-8-18(16-19)12-13-22(26)25(3)4/h5-11,16-17H,12-15H2,1-4H3,(H,24,27). The molecule has 0 fully saturated rings. The number of hydrogen-bond acceptors (Lipinski definition) is 3. The molecule has 0 unspecified atom stereocenters. The second-order valence-electron chi connectivity index (χ2n) is 7.47. The molecule has 2 amide bonds. The van der Waals surface area contributed by atoms with Crippen LogP contribution in [-0.4, -0.2) is 37.4 Å². The molecule has 2 aromatic carbocycles. The highest BCUT2D eigenvalue weighted by molar-refractivity contribution is 6.06. The molecule has 2 rings (SSSR count). The van der Waals surface area contributed by atoms with Crippen molar-refractivity contribution in [2.45, 2.75) is 33.1 Å². The van der Waals surface area contributed by atoms with Gasteiger partial charge in [-0.05, 0) is 48.6 Å². The summed E-state index contributed by atoms with van der Waals surface area (Å²) in [5.41, 5.74) is 2.23. The average Bonchev–Trinajstić information content (AvgIpc) is 2.66. The highest BCUT2D eigenvalue weighted by atomic mass is 16.5. The van der Waals surface area contributed by atoms with Crippen molar-refractivity contribution in [2.24, 2.45) is 5.92 Å². The first-order valence-corrected chi connectivity index (χ1v) is 9.69. The van der Waals surface area contributed by atoms with E-state index in [0.717, 1.165) is 12.0 Å². The molecular formula is C23H30N2O3. The molecule has 150 valence electrons. The Morgan fingerprint density at radius 2 is 1.82 bits per heavy atom. The van der Waals surface area contributed by atoms with Crippen molar-refractivity contribution in [2.75, 3.05) is 26.0 Å². The van der Waals surface area contributed by atoms with Crippen LogP contribution in [0.15, 0.2) is 48.5 Å². The topological polar surface area (TPSA) is 58.6 Å². The summed E-state index contributed by atoms with van der Waals surface area (Å²) in [5.74, 6) is 1.01. The molecule has 0 aromatic heterocycles. The van der Waals surface area contributed by atoms with Crippen LogP contribution in [0.4, 0.5) is 5.69 Å². The first-order chi connectivity index (χ1) is 13.4. The van der Waals surface area contributed by atoms with Crippen LogP contribution in [0.3, 0.4) is 0 Å². The fourth-order valence-corrected chi connectivity index (χ4v) is 2.66. The summed E-state index contributed by atoms with van der Waals surface area (Å²) in [5, 5.41) is 2.93. The molecule has 0 bridgehead atoms. The van der Waals surface area contributed by atoms with Crippen molar-refractivity contribution in [1.82, 2.24) is 4.90 Å². The van der Waals surface area contributed by atoms with Gasteiger partial charge in [0, 0.05) is 26.2 Å². The highest BCUT2D eigenvalue weighted by Gasteiger charge is 2.13. The zero-order valence-corrected chi connectivity index (χ0v) is 17.2. The number of rotatable bonds is 9. The number of carbonyl (C=O) groups is 2. The van der Waals surface area contributed by atoms with Gasteiger partial charge in [-0.15, -0.1) is 0 Å². The van der Waals surface area contributed by atoms with E-state index in [1.165, 1.54) is 0 Å². The number of hydrogen-bond donors (Lipinski definition) is 1. The van der Waals surface area contributed by atoms with Gasteiger partial charge >= 0.3 is 0 Å². The number of amides is 2. The van der Waals surface area contributed by atoms with E-state index in [2.05, 4.69) is 19.2 Å². The van der Waals surface area contributed by atoms with Gasteiger partial charge in [0.05, 0.1) is 12.2 Å². The number of carbonyl (C=O) groups excluding carboxylic acids is 2. The molecule has 0 spiro atoms. The Morgan fingerprint density at radius 3 is 2.54 bits per heavy atom. The van der Waals surface area contributed by atoms with Crippen LogP contribution in [0.25, 0.3) is 0 Å². The van der Waals surface area contributed by atoms with Gasteiger partial charge in [-0.1, -0.05) is 38.1 Å². The van der Waals surface area contributed by atoms with Crippen LogP contribution < -0.4 is 10.1 Å². The molecule has 0 aliphatic rings. The third kappa shape index (κ3) is 6.72. The van der Waals surface area contributed by atoms with Crippen molar-refractivity contribution in [3.63, 3.8) is 0 Å². The number of aryl methyl sites for hydroxylation is 1. The smallest absolute Gasteiger partial charge is 0.259 e. The molecule has 5 nitrogen and oxygen atoms in total. The maximum absolute atomic E-state index is 12.7. The van der Waals surface area contributed by atoms with Gasteiger partial charge in [0.1, 0.15) is 5.75 Å². The summed E-state index contributed by atoms with van der Waals surface area (Å²) in [7, 11) is 3.50. The lowest BCUT2D eigenvalue weighted by Crippen LogP contribution is -2.21.